The molecule has 22 heavy (non-hydrogen) atoms. The lowest BCUT2D eigenvalue weighted by Crippen LogP contribution is -2.13. The van der Waals surface area contributed by atoms with Crippen LogP contribution in [0.1, 0.15) is 52.5 Å². The summed E-state index contributed by atoms with van der Waals surface area (Å²) in [6, 6.07) is 16.4. The predicted octanol–water partition coefficient (Wildman–Crippen LogP) is 4.36. The van der Waals surface area contributed by atoms with E-state index >= 15 is 0 Å². The summed E-state index contributed by atoms with van der Waals surface area (Å²) in [5.74, 6) is 1.58. The van der Waals surface area contributed by atoms with Crippen molar-refractivity contribution in [1.29, 1.82) is 0 Å². The van der Waals surface area contributed by atoms with Gasteiger partial charge in [-0.15, -0.1) is 0 Å². The molecule has 0 spiro atoms. The van der Waals surface area contributed by atoms with Gasteiger partial charge in [-0.1, -0.05) is 42.5 Å². The fourth-order valence-electron chi connectivity index (χ4n) is 4.07. The van der Waals surface area contributed by atoms with Crippen LogP contribution in [-0.4, -0.2) is 25.5 Å². The van der Waals surface area contributed by atoms with Crippen LogP contribution in [0.15, 0.2) is 42.5 Å². The molecule has 0 aliphatic heterocycles. The Bertz CT molecular complexity index is 686. The summed E-state index contributed by atoms with van der Waals surface area (Å²) >= 11 is 0. The fourth-order valence-corrected chi connectivity index (χ4v) is 4.07. The summed E-state index contributed by atoms with van der Waals surface area (Å²) < 4.78 is 0. The van der Waals surface area contributed by atoms with E-state index < -0.39 is 0 Å². The number of hydrogen-bond donors (Lipinski definition) is 0. The van der Waals surface area contributed by atoms with Crippen LogP contribution in [0.5, 0.6) is 0 Å². The smallest absolute Gasteiger partial charge is 0.00200 e. The van der Waals surface area contributed by atoms with Crippen LogP contribution in [0.25, 0.3) is 0 Å². The Kier molecular flexibility index (Phi) is 3.54. The van der Waals surface area contributed by atoms with Gasteiger partial charge in [0.15, 0.2) is 0 Å². The van der Waals surface area contributed by atoms with Gasteiger partial charge in [0.25, 0.3) is 0 Å². The van der Waals surface area contributed by atoms with E-state index in [1.54, 1.807) is 22.3 Å². The number of rotatable bonds is 4. The summed E-state index contributed by atoms with van der Waals surface area (Å²) in [5.41, 5.74) is 7.88. The van der Waals surface area contributed by atoms with Crippen LogP contribution < -0.4 is 0 Å². The van der Waals surface area contributed by atoms with Crippen LogP contribution in [0.2, 0.25) is 0 Å². The van der Waals surface area contributed by atoms with Crippen molar-refractivity contribution in [3.8, 4) is 0 Å². The first-order chi connectivity index (χ1) is 10.7. The van der Waals surface area contributed by atoms with Gasteiger partial charge in [-0.3, -0.25) is 0 Å². The van der Waals surface area contributed by atoms with Crippen LogP contribution in [-0.2, 0) is 12.8 Å². The average Bonchev–Trinajstić information content (AvgIpc) is 3.28. The minimum Gasteiger partial charge on any atom is -0.309 e. The molecule has 0 N–H and O–H groups in total. The van der Waals surface area contributed by atoms with Gasteiger partial charge in [0.2, 0.25) is 0 Å². The van der Waals surface area contributed by atoms with E-state index in [0.717, 1.165) is 18.3 Å². The molecule has 0 aromatic heterocycles. The average molecular weight is 291 g/mol. The molecule has 0 amide bonds. The third-order valence-corrected chi connectivity index (χ3v) is 5.30. The molecule has 0 radical (unpaired) electrons. The molecule has 1 nitrogen and oxygen atoms in total. The molecule has 114 valence electrons. The predicted molar refractivity (Wildman–Crippen MR) is 92.7 cm³/mol. The zero-order valence-electron chi connectivity index (χ0n) is 13.7. The van der Waals surface area contributed by atoms with Crippen molar-refractivity contribution in [2.75, 3.05) is 20.6 Å². The third-order valence-electron chi connectivity index (χ3n) is 5.30. The van der Waals surface area contributed by atoms with E-state index in [1.807, 2.05) is 0 Å². The van der Waals surface area contributed by atoms with Crippen molar-refractivity contribution in [2.24, 2.45) is 0 Å². The zero-order valence-corrected chi connectivity index (χ0v) is 13.7. The molecule has 0 heterocycles. The Balaban J connectivity index is 1.60. The second kappa shape index (κ2) is 5.55. The molecular formula is C21H25N. The summed E-state index contributed by atoms with van der Waals surface area (Å²) in [5, 5.41) is 0. The molecule has 1 heteroatoms. The largest absolute Gasteiger partial charge is 0.309 e. The summed E-state index contributed by atoms with van der Waals surface area (Å²) in [6.45, 7) is 1.17. The van der Waals surface area contributed by atoms with Crippen LogP contribution in [0.4, 0.5) is 0 Å². The monoisotopic (exact) mass is 291 g/mol. The van der Waals surface area contributed by atoms with Gasteiger partial charge >= 0.3 is 0 Å². The minimum atomic E-state index is 0.787. The Labute approximate surface area is 134 Å². The van der Waals surface area contributed by atoms with Crippen molar-refractivity contribution in [3.63, 3.8) is 0 Å². The number of hydrogen-bond acceptors (Lipinski definition) is 1. The highest BCUT2D eigenvalue weighted by atomic mass is 15.0. The molecule has 2 aliphatic rings. The Morgan fingerprint density at radius 2 is 1.73 bits per heavy atom. The van der Waals surface area contributed by atoms with Gasteiger partial charge in [0.05, 0.1) is 0 Å². The van der Waals surface area contributed by atoms with Gasteiger partial charge in [-0.2, -0.15) is 0 Å². The zero-order chi connectivity index (χ0) is 15.1. The lowest BCUT2D eigenvalue weighted by atomic mass is 9.95. The lowest BCUT2D eigenvalue weighted by molar-refractivity contribution is 0.400. The number of benzene rings is 2. The van der Waals surface area contributed by atoms with E-state index in [0.29, 0.717) is 0 Å². The van der Waals surface area contributed by atoms with Gasteiger partial charge < -0.3 is 4.90 Å². The van der Waals surface area contributed by atoms with Gasteiger partial charge in [0, 0.05) is 0 Å². The number of fused-ring (bicyclic) bond motifs is 5. The first-order valence-electron chi connectivity index (χ1n) is 8.56. The van der Waals surface area contributed by atoms with Crippen LogP contribution in [0.3, 0.4) is 0 Å². The fraction of sp³-hybridized carbons (Fsp3) is 0.429. The minimum absolute atomic E-state index is 0.787. The second-order valence-corrected chi connectivity index (χ2v) is 7.26. The SMILES string of the molecule is CN(C)CCCc1ccc2c(c1)Cc1ccccc1C1CC21. The van der Waals surface area contributed by atoms with Crippen molar-refractivity contribution in [2.45, 2.75) is 37.5 Å². The van der Waals surface area contributed by atoms with E-state index in [2.05, 4.69) is 61.5 Å². The standard InChI is InChI=1S/C21H25N/c1-22(2)11-5-6-15-9-10-19-17(12-15)13-16-7-3-4-8-18(16)20-14-21(19)20/h3-4,7-10,12,20-21H,5-6,11,13-14H2,1-2H3. The molecule has 1 saturated carbocycles. The quantitative estimate of drug-likeness (QED) is 0.809. The summed E-state index contributed by atoms with van der Waals surface area (Å²) in [7, 11) is 4.31. The maximum absolute atomic E-state index is 2.49. The second-order valence-electron chi connectivity index (χ2n) is 7.26. The molecule has 2 aromatic carbocycles. The highest BCUT2D eigenvalue weighted by Crippen LogP contribution is 2.58. The van der Waals surface area contributed by atoms with Crippen molar-refractivity contribution in [3.05, 3.63) is 70.3 Å². The van der Waals surface area contributed by atoms with E-state index in [-0.39, 0.29) is 0 Å². The molecule has 0 bridgehead atoms. The molecule has 0 saturated heterocycles. The third kappa shape index (κ3) is 2.59. The Hall–Kier alpha value is -1.60. The highest BCUT2D eigenvalue weighted by Gasteiger charge is 2.43. The van der Waals surface area contributed by atoms with E-state index in [9.17, 15) is 0 Å². The molecule has 1 fully saturated rings. The van der Waals surface area contributed by atoms with E-state index in [1.165, 1.54) is 31.4 Å². The number of nitrogens with zero attached hydrogens (tertiary/aromatic N) is 1. The Morgan fingerprint density at radius 1 is 0.955 bits per heavy atom. The van der Waals surface area contributed by atoms with Crippen molar-refractivity contribution in [1.82, 2.24) is 4.90 Å². The maximum atomic E-state index is 2.49. The van der Waals surface area contributed by atoms with Crippen LogP contribution >= 0.6 is 0 Å². The maximum Gasteiger partial charge on any atom is -0.00200 e. The first-order valence-corrected chi connectivity index (χ1v) is 8.56. The normalized spacial score (nSPS) is 21.8. The summed E-state index contributed by atoms with van der Waals surface area (Å²) in [4.78, 5) is 2.27. The molecule has 4 rings (SSSR count). The van der Waals surface area contributed by atoms with E-state index in [4.69, 9.17) is 0 Å². The summed E-state index contributed by atoms with van der Waals surface area (Å²) in [6.07, 6.45) is 4.92. The van der Waals surface area contributed by atoms with Crippen molar-refractivity contribution >= 4 is 0 Å². The molecular weight excluding hydrogens is 266 g/mol. The lowest BCUT2D eigenvalue weighted by Gasteiger charge is -2.12. The first kappa shape index (κ1) is 14.0. The molecule has 2 aliphatic carbocycles. The van der Waals surface area contributed by atoms with Gasteiger partial charge in [0.1, 0.15) is 0 Å². The highest BCUT2D eigenvalue weighted by molar-refractivity contribution is 5.50. The molecule has 2 atom stereocenters. The Morgan fingerprint density at radius 3 is 2.55 bits per heavy atom. The molecule has 2 aromatic rings. The van der Waals surface area contributed by atoms with Crippen molar-refractivity contribution < 1.29 is 0 Å². The van der Waals surface area contributed by atoms with Crippen LogP contribution in [0, 0.1) is 0 Å². The molecule has 2 unspecified atom stereocenters. The van der Waals surface area contributed by atoms with Gasteiger partial charge in [-0.25, -0.2) is 0 Å². The van der Waals surface area contributed by atoms with Gasteiger partial charge in [-0.05, 0) is 86.0 Å². The number of aryl methyl sites for hydroxylation is 1. The topological polar surface area (TPSA) is 3.24 Å².